The maximum absolute atomic E-state index is 12.3. The molecule has 1 amide bonds. The molecule has 0 saturated heterocycles. The van der Waals surface area contributed by atoms with E-state index in [1.807, 2.05) is 36.7 Å². The lowest BCUT2D eigenvalue weighted by molar-refractivity contribution is -0.121. The quantitative estimate of drug-likeness (QED) is 0.900. The molecule has 2 aromatic rings. The zero-order valence-electron chi connectivity index (χ0n) is 13.7. The maximum Gasteiger partial charge on any atom is 0.224 e. The molecule has 0 unspecified atom stereocenters. The number of rotatable bonds is 4. The molecule has 1 heterocycles. The normalized spacial score (nSPS) is 16.5. The van der Waals surface area contributed by atoms with Gasteiger partial charge in [0.1, 0.15) is 0 Å². The Kier molecular flexibility index (Phi) is 5.51. The number of hydrogen-bond acceptors (Lipinski definition) is 1. The van der Waals surface area contributed by atoms with Crippen LogP contribution >= 0.6 is 0 Å². The number of carbonyl (C=O) groups excluding carboxylic acids is 1. The van der Waals surface area contributed by atoms with Crippen LogP contribution in [0.5, 0.6) is 0 Å². The minimum absolute atomic E-state index is 0.157. The highest BCUT2D eigenvalue weighted by Gasteiger charge is 2.14. The highest BCUT2D eigenvalue weighted by Crippen LogP contribution is 2.17. The van der Waals surface area contributed by atoms with Crippen LogP contribution in [0.1, 0.15) is 50.5 Å². The molecule has 0 spiro atoms. The summed E-state index contributed by atoms with van der Waals surface area (Å²) in [5.41, 5.74) is 2.20. The summed E-state index contributed by atoms with van der Waals surface area (Å²) in [4.78, 5) is 12.3. The number of amides is 1. The molecule has 3 heteroatoms. The second-order valence-electron chi connectivity index (χ2n) is 6.54. The van der Waals surface area contributed by atoms with Crippen LogP contribution in [0.3, 0.4) is 0 Å². The average Bonchev–Trinajstić information content (AvgIpc) is 3.05. The number of hydrogen-bond donors (Lipinski definition) is 1. The van der Waals surface area contributed by atoms with Gasteiger partial charge >= 0.3 is 0 Å². The van der Waals surface area contributed by atoms with E-state index in [-0.39, 0.29) is 5.91 Å². The molecule has 1 N–H and O–H groups in total. The molecule has 1 saturated carbocycles. The first-order chi connectivity index (χ1) is 11.3. The molecule has 122 valence electrons. The van der Waals surface area contributed by atoms with E-state index in [4.69, 9.17) is 0 Å². The number of nitrogens with zero attached hydrogens (tertiary/aromatic N) is 1. The van der Waals surface area contributed by atoms with E-state index in [9.17, 15) is 4.79 Å². The van der Waals surface area contributed by atoms with Crippen molar-refractivity contribution < 1.29 is 4.79 Å². The van der Waals surface area contributed by atoms with E-state index < -0.39 is 0 Å². The molecule has 3 rings (SSSR count). The minimum Gasteiger partial charge on any atom is -0.353 e. The minimum atomic E-state index is 0.157. The van der Waals surface area contributed by atoms with Gasteiger partial charge in [-0.3, -0.25) is 4.79 Å². The molecule has 3 nitrogen and oxygen atoms in total. The first-order valence-corrected chi connectivity index (χ1v) is 8.83. The van der Waals surface area contributed by atoms with Crippen LogP contribution in [-0.4, -0.2) is 16.5 Å². The third-order valence-electron chi connectivity index (χ3n) is 4.67. The topological polar surface area (TPSA) is 34.0 Å². The summed E-state index contributed by atoms with van der Waals surface area (Å²) in [5, 5.41) is 3.23. The highest BCUT2D eigenvalue weighted by atomic mass is 16.1. The van der Waals surface area contributed by atoms with Crippen molar-refractivity contribution in [1.29, 1.82) is 0 Å². The van der Waals surface area contributed by atoms with Crippen molar-refractivity contribution in [2.75, 3.05) is 0 Å². The molecular weight excluding hydrogens is 284 g/mol. The van der Waals surface area contributed by atoms with Gasteiger partial charge in [0.05, 0.1) is 6.42 Å². The van der Waals surface area contributed by atoms with Crippen LogP contribution in [-0.2, 0) is 11.2 Å². The van der Waals surface area contributed by atoms with E-state index in [0.29, 0.717) is 12.5 Å². The lowest BCUT2D eigenvalue weighted by Crippen LogP contribution is -2.36. The first kappa shape index (κ1) is 15.9. The van der Waals surface area contributed by atoms with Crippen molar-refractivity contribution in [3.05, 3.63) is 54.4 Å². The van der Waals surface area contributed by atoms with Crippen molar-refractivity contribution in [3.63, 3.8) is 0 Å². The van der Waals surface area contributed by atoms with Gasteiger partial charge in [-0.1, -0.05) is 44.2 Å². The first-order valence-electron chi connectivity index (χ1n) is 8.83. The van der Waals surface area contributed by atoms with Crippen molar-refractivity contribution >= 4 is 5.91 Å². The number of aromatic nitrogens is 1. The number of nitrogens with one attached hydrogen (secondary N) is 1. The monoisotopic (exact) mass is 310 g/mol. The molecule has 0 bridgehead atoms. The summed E-state index contributed by atoms with van der Waals surface area (Å²) in [6, 6.07) is 12.6. The van der Waals surface area contributed by atoms with E-state index in [2.05, 4.69) is 22.0 Å². The Bertz CT molecular complexity index is 593. The summed E-state index contributed by atoms with van der Waals surface area (Å²) in [6.07, 6.45) is 13.3. The zero-order chi connectivity index (χ0) is 15.9. The molecular formula is C20H26N2O. The molecule has 0 radical (unpaired) electrons. The Hall–Kier alpha value is -2.03. The van der Waals surface area contributed by atoms with Gasteiger partial charge in [0.15, 0.2) is 0 Å². The van der Waals surface area contributed by atoms with E-state index in [1.165, 1.54) is 32.1 Å². The van der Waals surface area contributed by atoms with E-state index >= 15 is 0 Å². The summed E-state index contributed by atoms with van der Waals surface area (Å²) in [6.45, 7) is 0. The van der Waals surface area contributed by atoms with Crippen LogP contribution in [0.25, 0.3) is 5.69 Å². The standard InChI is InChI=1S/C20H26N2O/c23-20(21-18-8-4-2-1-3-5-9-18)16-17-10-12-19(13-11-17)22-14-6-7-15-22/h6-7,10-15,18H,1-5,8-9,16H2,(H,21,23). The van der Waals surface area contributed by atoms with Gasteiger partial charge in [0, 0.05) is 24.1 Å². The molecule has 1 aliphatic carbocycles. The van der Waals surface area contributed by atoms with Crippen LogP contribution < -0.4 is 5.32 Å². The fourth-order valence-corrected chi connectivity index (χ4v) is 3.36. The zero-order valence-corrected chi connectivity index (χ0v) is 13.7. The van der Waals surface area contributed by atoms with Crippen molar-refractivity contribution in [1.82, 2.24) is 9.88 Å². The lowest BCUT2D eigenvalue weighted by atomic mass is 9.96. The molecule has 23 heavy (non-hydrogen) atoms. The Labute approximate surface area is 138 Å². The van der Waals surface area contributed by atoms with Crippen LogP contribution in [0, 0.1) is 0 Å². The van der Waals surface area contributed by atoms with Gasteiger partial charge < -0.3 is 9.88 Å². The molecule has 0 aliphatic heterocycles. The van der Waals surface area contributed by atoms with Crippen LogP contribution in [0.2, 0.25) is 0 Å². The average molecular weight is 310 g/mol. The van der Waals surface area contributed by atoms with Gasteiger partial charge in [-0.05, 0) is 42.7 Å². The van der Waals surface area contributed by atoms with Crippen molar-refractivity contribution in [2.24, 2.45) is 0 Å². The summed E-state index contributed by atoms with van der Waals surface area (Å²) in [7, 11) is 0. The van der Waals surface area contributed by atoms with Gasteiger partial charge in [-0.15, -0.1) is 0 Å². The maximum atomic E-state index is 12.3. The Morgan fingerprint density at radius 1 is 0.957 bits per heavy atom. The predicted molar refractivity (Wildman–Crippen MR) is 93.7 cm³/mol. The Morgan fingerprint density at radius 3 is 2.22 bits per heavy atom. The van der Waals surface area contributed by atoms with Gasteiger partial charge in [0.2, 0.25) is 5.91 Å². The van der Waals surface area contributed by atoms with Crippen molar-refractivity contribution in [2.45, 2.75) is 57.4 Å². The number of carbonyl (C=O) groups is 1. The third kappa shape index (κ3) is 4.72. The third-order valence-corrected chi connectivity index (χ3v) is 4.67. The highest BCUT2D eigenvalue weighted by molar-refractivity contribution is 5.78. The molecule has 0 atom stereocenters. The smallest absolute Gasteiger partial charge is 0.224 e. The number of benzene rings is 1. The second kappa shape index (κ2) is 8.00. The molecule has 1 aromatic carbocycles. The summed E-state index contributed by atoms with van der Waals surface area (Å²) in [5.74, 6) is 0.157. The largest absolute Gasteiger partial charge is 0.353 e. The Morgan fingerprint density at radius 2 is 1.57 bits per heavy atom. The SMILES string of the molecule is O=C(Cc1ccc(-n2cccc2)cc1)NC1CCCCCCC1. The summed E-state index contributed by atoms with van der Waals surface area (Å²) >= 11 is 0. The second-order valence-corrected chi connectivity index (χ2v) is 6.54. The molecule has 1 aromatic heterocycles. The van der Waals surface area contributed by atoms with Gasteiger partial charge in [-0.2, -0.15) is 0 Å². The summed E-state index contributed by atoms with van der Waals surface area (Å²) < 4.78 is 2.07. The van der Waals surface area contributed by atoms with Crippen LogP contribution in [0.4, 0.5) is 0 Å². The predicted octanol–water partition coefficient (Wildman–Crippen LogP) is 4.25. The molecule has 1 fully saturated rings. The van der Waals surface area contributed by atoms with Gasteiger partial charge in [-0.25, -0.2) is 0 Å². The van der Waals surface area contributed by atoms with Gasteiger partial charge in [0.25, 0.3) is 0 Å². The van der Waals surface area contributed by atoms with Crippen LogP contribution in [0.15, 0.2) is 48.8 Å². The molecule has 1 aliphatic rings. The lowest BCUT2D eigenvalue weighted by Gasteiger charge is -2.21. The fraction of sp³-hybridized carbons (Fsp3) is 0.450. The van der Waals surface area contributed by atoms with E-state index in [0.717, 1.165) is 24.1 Å². The van der Waals surface area contributed by atoms with Crippen molar-refractivity contribution in [3.8, 4) is 5.69 Å². The Balaban J connectivity index is 1.53. The fourth-order valence-electron chi connectivity index (χ4n) is 3.36. The van der Waals surface area contributed by atoms with E-state index in [1.54, 1.807) is 0 Å².